The monoisotopic (exact) mass is 272 g/mol. The third-order valence-corrected chi connectivity index (χ3v) is 3.08. The van der Waals surface area contributed by atoms with E-state index in [1.807, 2.05) is 24.4 Å². The van der Waals surface area contributed by atoms with E-state index in [1.165, 1.54) is 0 Å². The molecule has 0 aliphatic carbocycles. The molecule has 3 heteroatoms. The van der Waals surface area contributed by atoms with E-state index >= 15 is 0 Å². The van der Waals surface area contributed by atoms with Crippen LogP contribution in [0.3, 0.4) is 0 Å². The molecule has 1 aromatic heterocycles. The van der Waals surface area contributed by atoms with Crippen LogP contribution in [0.2, 0.25) is 0 Å². The molecule has 0 saturated carbocycles. The molecule has 0 fully saturated rings. The number of rotatable bonds is 6. The molecule has 0 radical (unpaired) electrons. The van der Waals surface area contributed by atoms with Crippen molar-refractivity contribution in [1.29, 1.82) is 0 Å². The van der Waals surface area contributed by atoms with Gasteiger partial charge >= 0.3 is 0 Å². The van der Waals surface area contributed by atoms with Gasteiger partial charge in [0.25, 0.3) is 0 Å². The molecular formula is C17H24N2O. The lowest BCUT2D eigenvalue weighted by atomic mass is 10.1. The normalized spacial score (nSPS) is 11.8. The summed E-state index contributed by atoms with van der Waals surface area (Å²) in [5.74, 6) is 0.881. The first-order valence-electron chi connectivity index (χ1n) is 7.28. The summed E-state index contributed by atoms with van der Waals surface area (Å²) in [5, 5.41) is 4.61. The van der Waals surface area contributed by atoms with Crippen molar-refractivity contribution in [2.45, 2.75) is 39.2 Å². The molecule has 1 heterocycles. The molecule has 3 nitrogen and oxygen atoms in total. The Morgan fingerprint density at radius 2 is 1.90 bits per heavy atom. The van der Waals surface area contributed by atoms with Gasteiger partial charge in [0.05, 0.1) is 6.61 Å². The van der Waals surface area contributed by atoms with Crippen molar-refractivity contribution in [3.05, 3.63) is 36.5 Å². The van der Waals surface area contributed by atoms with Crippen molar-refractivity contribution in [3.63, 3.8) is 0 Å². The summed E-state index contributed by atoms with van der Waals surface area (Å²) in [6.45, 7) is 8.32. The van der Waals surface area contributed by atoms with Crippen LogP contribution in [-0.2, 0) is 0 Å². The van der Waals surface area contributed by atoms with Crippen LogP contribution in [-0.4, -0.2) is 23.7 Å². The van der Waals surface area contributed by atoms with Crippen molar-refractivity contribution in [3.8, 4) is 5.75 Å². The number of benzene rings is 1. The smallest absolute Gasteiger partial charge is 0.145 e. The molecule has 0 unspecified atom stereocenters. The maximum absolute atomic E-state index is 5.86. The number of hydrogen-bond acceptors (Lipinski definition) is 3. The summed E-state index contributed by atoms with van der Waals surface area (Å²) in [6, 6.07) is 10.1. The van der Waals surface area contributed by atoms with Crippen LogP contribution < -0.4 is 10.1 Å². The van der Waals surface area contributed by atoms with Crippen LogP contribution in [0.5, 0.6) is 5.75 Å². The van der Waals surface area contributed by atoms with E-state index in [0.29, 0.717) is 0 Å². The first-order valence-corrected chi connectivity index (χ1v) is 7.28. The average molecular weight is 272 g/mol. The summed E-state index contributed by atoms with van der Waals surface area (Å²) >= 11 is 0. The number of para-hydroxylation sites is 1. The molecule has 1 aromatic carbocycles. The highest BCUT2D eigenvalue weighted by Crippen LogP contribution is 2.22. The van der Waals surface area contributed by atoms with Crippen molar-refractivity contribution in [2.24, 2.45) is 0 Å². The van der Waals surface area contributed by atoms with E-state index in [1.54, 1.807) is 0 Å². The lowest BCUT2D eigenvalue weighted by molar-refractivity contribution is 0.304. The minimum Gasteiger partial charge on any atom is -0.491 e. The highest BCUT2D eigenvalue weighted by molar-refractivity contribution is 5.84. The lowest BCUT2D eigenvalue weighted by Crippen LogP contribution is -2.36. The second-order valence-electron chi connectivity index (χ2n) is 6.06. The van der Waals surface area contributed by atoms with Gasteiger partial charge in [-0.05, 0) is 52.3 Å². The Bertz CT molecular complexity index is 541. The SMILES string of the molecule is CC(C)(C)NCCCCOc1cccc2cccnc12. The van der Waals surface area contributed by atoms with Gasteiger partial charge in [-0.2, -0.15) is 0 Å². The number of unbranched alkanes of at least 4 members (excludes halogenated alkanes) is 1. The molecule has 0 atom stereocenters. The van der Waals surface area contributed by atoms with E-state index in [-0.39, 0.29) is 5.54 Å². The molecule has 0 spiro atoms. The molecule has 0 amide bonds. The van der Waals surface area contributed by atoms with Gasteiger partial charge < -0.3 is 10.1 Å². The Morgan fingerprint density at radius 1 is 1.10 bits per heavy atom. The molecule has 0 aliphatic heterocycles. The Hall–Kier alpha value is -1.61. The van der Waals surface area contributed by atoms with Crippen LogP contribution >= 0.6 is 0 Å². The number of hydrogen-bond donors (Lipinski definition) is 1. The fourth-order valence-corrected chi connectivity index (χ4v) is 2.07. The van der Waals surface area contributed by atoms with E-state index < -0.39 is 0 Å². The first kappa shape index (κ1) is 14.8. The van der Waals surface area contributed by atoms with Gasteiger partial charge in [0.15, 0.2) is 0 Å². The standard InChI is InChI=1S/C17H24N2O/c1-17(2,3)19-12-4-5-13-20-15-10-6-8-14-9-7-11-18-16(14)15/h6-11,19H,4-5,12-13H2,1-3H3. The molecule has 2 aromatic rings. The third-order valence-electron chi connectivity index (χ3n) is 3.08. The fourth-order valence-electron chi connectivity index (χ4n) is 2.07. The van der Waals surface area contributed by atoms with E-state index in [2.05, 4.69) is 43.2 Å². The Kier molecular flexibility index (Phi) is 4.96. The Balaban J connectivity index is 1.79. The van der Waals surface area contributed by atoms with E-state index in [4.69, 9.17) is 4.74 Å². The summed E-state index contributed by atoms with van der Waals surface area (Å²) in [4.78, 5) is 4.39. The number of ether oxygens (including phenoxy) is 1. The second-order valence-corrected chi connectivity index (χ2v) is 6.06. The number of fused-ring (bicyclic) bond motifs is 1. The van der Waals surface area contributed by atoms with Crippen molar-refractivity contribution in [1.82, 2.24) is 10.3 Å². The molecule has 0 saturated heterocycles. The van der Waals surface area contributed by atoms with Crippen molar-refractivity contribution in [2.75, 3.05) is 13.2 Å². The zero-order valence-electron chi connectivity index (χ0n) is 12.6. The van der Waals surface area contributed by atoms with Crippen LogP contribution in [0.25, 0.3) is 10.9 Å². The predicted molar refractivity (Wildman–Crippen MR) is 84.2 cm³/mol. The van der Waals surface area contributed by atoms with Gasteiger partial charge in [-0.15, -0.1) is 0 Å². The molecular weight excluding hydrogens is 248 g/mol. The molecule has 0 bridgehead atoms. The minimum absolute atomic E-state index is 0.195. The summed E-state index contributed by atoms with van der Waals surface area (Å²) in [7, 11) is 0. The molecule has 0 aliphatic rings. The maximum atomic E-state index is 5.86. The van der Waals surface area contributed by atoms with Crippen LogP contribution in [0.1, 0.15) is 33.6 Å². The summed E-state index contributed by atoms with van der Waals surface area (Å²) < 4.78 is 5.86. The van der Waals surface area contributed by atoms with Crippen LogP contribution in [0.4, 0.5) is 0 Å². The summed E-state index contributed by atoms with van der Waals surface area (Å²) in [6.07, 6.45) is 3.98. The minimum atomic E-state index is 0.195. The zero-order valence-corrected chi connectivity index (χ0v) is 12.6. The first-order chi connectivity index (χ1) is 9.56. The van der Waals surface area contributed by atoms with Gasteiger partial charge in [0.1, 0.15) is 11.3 Å². The van der Waals surface area contributed by atoms with Crippen molar-refractivity contribution >= 4 is 10.9 Å². The average Bonchev–Trinajstić information content (AvgIpc) is 2.41. The van der Waals surface area contributed by atoms with Gasteiger partial charge in [0, 0.05) is 17.1 Å². The van der Waals surface area contributed by atoms with Crippen LogP contribution in [0.15, 0.2) is 36.5 Å². The highest BCUT2D eigenvalue weighted by atomic mass is 16.5. The maximum Gasteiger partial charge on any atom is 0.145 e. The van der Waals surface area contributed by atoms with Crippen LogP contribution in [0, 0.1) is 0 Å². The number of nitrogens with one attached hydrogen (secondary N) is 1. The highest BCUT2D eigenvalue weighted by Gasteiger charge is 2.07. The molecule has 20 heavy (non-hydrogen) atoms. The Morgan fingerprint density at radius 3 is 2.70 bits per heavy atom. The van der Waals surface area contributed by atoms with Gasteiger partial charge in [-0.25, -0.2) is 0 Å². The van der Waals surface area contributed by atoms with E-state index in [9.17, 15) is 0 Å². The third kappa shape index (κ3) is 4.49. The van der Waals surface area contributed by atoms with Gasteiger partial charge in [-0.1, -0.05) is 18.2 Å². The predicted octanol–water partition coefficient (Wildman–Crippen LogP) is 3.78. The number of aromatic nitrogens is 1. The topological polar surface area (TPSA) is 34.1 Å². The van der Waals surface area contributed by atoms with Gasteiger partial charge in [0.2, 0.25) is 0 Å². The summed E-state index contributed by atoms with van der Waals surface area (Å²) in [5.41, 5.74) is 1.14. The molecule has 1 N–H and O–H groups in total. The molecule has 108 valence electrons. The lowest BCUT2D eigenvalue weighted by Gasteiger charge is -2.20. The van der Waals surface area contributed by atoms with E-state index in [0.717, 1.165) is 42.6 Å². The van der Waals surface area contributed by atoms with Crippen molar-refractivity contribution < 1.29 is 4.74 Å². The quantitative estimate of drug-likeness (QED) is 0.813. The molecule has 2 rings (SSSR count). The fraction of sp³-hybridized carbons (Fsp3) is 0.471. The number of nitrogens with zero attached hydrogens (tertiary/aromatic N) is 1. The number of pyridine rings is 1. The second kappa shape index (κ2) is 6.71. The van der Waals surface area contributed by atoms with Gasteiger partial charge in [-0.3, -0.25) is 4.98 Å². The largest absolute Gasteiger partial charge is 0.491 e. The zero-order chi connectivity index (χ0) is 14.4. The Labute approximate surface area is 121 Å².